The maximum Gasteiger partial charge on any atom is 0.330 e. The van der Waals surface area contributed by atoms with Gasteiger partial charge in [-0.25, -0.2) is 4.79 Å². The number of hydrogen-bond donors (Lipinski definition) is 0. The molecule has 0 aromatic carbocycles. The summed E-state index contributed by atoms with van der Waals surface area (Å²) in [5, 5.41) is 0. The van der Waals surface area contributed by atoms with E-state index in [4.69, 9.17) is 4.74 Å². The van der Waals surface area contributed by atoms with Crippen LogP contribution in [0.25, 0.3) is 0 Å². The van der Waals surface area contributed by atoms with Gasteiger partial charge in [0.1, 0.15) is 5.60 Å². The minimum atomic E-state index is -0.245. The topological polar surface area (TPSA) is 26.3 Å². The Kier molecular flexibility index (Phi) is 7.07. The predicted octanol–water partition coefficient (Wildman–Crippen LogP) is 4.78. The van der Waals surface area contributed by atoms with Crippen molar-refractivity contribution in [2.45, 2.75) is 83.2 Å². The smallest absolute Gasteiger partial charge is 0.330 e. The molecule has 0 saturated heterocycles. The molecule has 1 saturated carbocycles. The molecule has 2 heteroatoms. The average Bonchev–Trinajstić information content (AvgIpc) is 2.49. The number of carbonyl (C=O) groups excluding carboxylic acids is 1. The number of unbranched alkanes of at least 4 members (excludes halogenated alkanes) is 1. The van der Waals surface area contributed by atoms with E-state index >= 15 is 0 Å². The van der Waals surface area contributed by atoms with Crippen LogP contribution in [0.2, 0.25) is 0 Å². The number of esters is 1. The van der Waals surface area contributed by atoms with Gasteiger partial charge in [-0.2, -0.15) is 0 Å². The highest BCUT2D eigenvalue weighted by Crippen LogP contribution is 2.33. The molecule has 2 nitrogen and oxygen atoms in total. The van der Waals surface area contributed by atoms with Gasteiger partial charge in [0.15, 0.2) is 0 Å². The lowest BCUT2D eigenvalue weighted by molar-refractivity contribution is -0.156. The summed E-state index contributed by atoms with van der Waals surface area (Å²) in [7, 11) is 0. The van der Waals surface area contributed by atoms with E-state index < -0.39 is 0 Å². The summed E-state index contributed by atoms with van der Waals surface area (Å²) >= 11 is 0. The Morgan fingerprint density at radius 3 is 2.22 bits per heavy atom. The van der Waals surface area contributed by atoms with Crippen LogP contribution >= 0.6 is 0 Å². The Labute approximate surface area is 112 Å². The third-order valence-electron chi connectivity index (χ3n) is 3.98. The summed E-state index contributed by atoms with van der Waals surface area (Å²) < 4.78 is 5.76. The first-order valence-electron chi connectivity index (χ1n) is 7.58. The Balaban J connectivity index is 2.69. The van der Waals surface area contributed by atoms with Crippen molar-refractivity contribution in [2.24, 2.45) is 0 Å². The summed E-state index contributed by atoms with van der Waals surface area (Å²) in [4.78, 5) is 11.6. The van der Waals surface area contributed by atoms with Gasteiger partial charge in [0.25, 0.3) is 0 Å². The molecule has 0 aliphatic heterocycles. The molecular weight excluding hydrogens is 224 g/mol. The van der Waals surface area contributed by atoms with Crippen LogP contribution < -0.4 is 0 Å². The first-order valence-corrected chi connectivity index (χ1v) is 7.58. The van der Waals surface area contributed by atoms with Gasteiger partial charge in [-0.15, -0.1) is 0 Å². The first kappa shape index (κ1) is 15.3. The molecule has 0 unspecified atom stereocenters. The van der Waals surface area contributed by atoms with Crippen LogP contribution in [-0.4, -0.2) is 11.6 Å². The predicted molar refractivity (Wildman–Crippen MR) is 75.5 cm³/mol. The number of rotatable bonds is 5. The molecule has 0 bridgehead atoms. The van der Waals surface area contributed by atoms with Crippen LogP contribution in [0.3, 0.4) is 0 Å². The fraction of sp³-hybridized carbons (Fsp3) is 0.812. The van der Waals surface area contributed by atoms with Crippen molar-refractivity contribution in [3.63, 3.8) is 0 Å². The van der Waals surface area contributed by atoms with E-state index in [1.807, 2.05) is 0 Å². The molecule has 0 radical (unpaired) electrons. The molecular formula is C16H28O2. The van der Waals surface area contributed by atoms with E-state index in [1.165, 1.54) is 44.6 Å². The van der Waals surface area contributed by atoms with Crippen molar-refractivity contribution in [1.82, 2.24) is 0 Å². The zero-order chi connectivity index (χ0) is 13.3. The van der Waals surface area contributed by atoms with Gasteiger partial charge in [0, 0.05) is 6.08 Å². The number of ether oxygens (including phenoxy) is 1. The third-order valence-corrected chi connectivity index (χ3v) is 3.98. The standard InChI is InChI=1S/C16H28O2/c1-3-5-12-16(18-15(17)4-2)13-10-8-6-7-9-11-14-16/h4H,2-3,5-14H2,1H3. The van der Waals surface area contributed by atoms with Gasteiger partial charge in [-0.3, -0.25) is 0 Å². The van der Waals surface area contributed by atoms with Crippen molar-refractivity contribution in [1.29, 1.82) is 0 Å². The number of carbonyl (C=O) groups is 1. The second-order valence-electron chi connectivity index (χ2n) is 5.53. The minimum Gasteiger partial charge on any atom is -0.456 e. The minimum absolute atomic E-state index is 0.203. The van der Waals surface area contributed by atoms with Crippen molar-refractivity contribution in [3.8, 4) is 0 Å². The van der Waals surface area contributed by atoms with Crippen molar-refractivity contribution in [3.05, 3.63) is 12.7 Å². The molecule has 0 N–H and O–H groups in total. The second-order valence-corrected chi connectivity index (χ2v) is 5.53. The van der Waals surface area contributed by atoms with E-state index in [-0.39, 0.29) is 11.6 Å². The van der Waals surface area contributed by atoms with Crippen molar-refractivity contribution >= 4 is 5.97 Å². The van der Waals surface area contributed by atoms with E-state index in [1.54, 1.807) is 0 Å². The number of hydrogen-bond acceptors (Lipinski definition) is 2. The van der Waals surface area contributed by atoms with Crippen molar-refractivity contribution < 1.29 is 9.53 Å². The van der Waals surface area contributed by atoms with Crippen LogP contribution in [0, 0.1) is 0 Å². The quantitative estimate of drug-likeness (QED) is 0.520. The zero-order valence-electron chi connectivity index (χ0n) is 11.9. The maximum absolute atomic E-state index is 11.6. The lowest BCUT2D eigenvalue weighted by Crippen LogP contribution is -2.34. The summed E-state index contributed by atoms with van der Waals surface area (Å²) in [6, 6.07) is 0. The van der Waals surface area contributed by atoms with Crippen LogP contribution in [0.5, 0.6) is 0 Å². The molecule has 1 aliphatic rings. The highest BCUT2D eigenvalue weighted by Gasteiger charge is 2.32. The molecule has 0 aromatic heterocycles. The molecule has 1 rings (SSSR count). The molecule has 0 aromatic rings. The molecule has 104 valence electrons. The monoisotopic (exact) mass is 252 g/mol. The van der Waals surface area contributed by atoms with Gasteiger partial charge in [0.2, 0.25) is 0 Å². The highest BCUT2D eigenvalue weighted by atomic mass is 16.6. The lowest BCUT2D eigenvalue weighted by Gasteiger charge is -2.33. The molecule has 0 heterocycles. The highest BCUT2D eigenvalue weighted by molar-refractivity contribution is 5.81. The Morgan fingerprint density at radius 2 is 1.72 bits per heavy atom. The molecule has 18 heavy (non-hydrogen) atoms. The van der Waals surface area contributed by atoms with Gasteiger partial charge < -0.3 is 4.74 Å². The first-order chi connectivity index (χ1) is 8.72. The van der Waals surface area contributed by atoms with E-state index in [0.717, 1.165) is 32.1 Å². The van der Waals surface area contributed by atoms with E-state index in [9.17, 15) is 4.79 Å². The zero-order valence-corrected chi connectivity index (χ0v) is 11.9. The lowest BCUT2D eigenvalue weighted by atomic mass is 9.86. The van der Waals surface area contributed by atoms with Crippen molar-refractivity contribution in [2.75, 3.05) is 0 Å². The Hall–Kier alpha value is -0.790. The average molecular weight is 252 g/mol. The van der Waals surface area contributed by atoms with Gasteiger partial charge in [-0.05, 0) is 38.5 Å². The Morgan fingerprint density at radius 1 is 1.17 bits per heavy atom. The van der Waals surface area contributed by atoms with Gasteiger partial charge in [-0.1, -0.05) is 45.6 Å². The molecule has 0 atom stereocenters. The Bertz CT molecular complexity index is 248. The fourth-order valence-corrected chi connectivity index (χ4v) is 2.88. The van der Waals surface area contributed by atoms with Crippen LogP contribution in [0.15, 0.2) is 12.7 Å². The van der Waals surface area contributed by atoms with Crippen LogP contribution in [0.4, 0.5) is 0 Å². The third kappa shape index (κ3) is 5.24. The largest absolute Gasteiger partial charge is 0.456 e. The maximum atomic E-state index is 11.6. The van der Waals surface area contributed by atoms with Crippen LogP contribution in [0.1, 0.15) is 77.6 Å². The molecule has 0 amide bonds. The van der Waals surface area contributed by atoms with E-state index in [2.05, 4.69) is 13.5 Å². The summed E-state index contributed by atoms with van der Waals surface area (Å²) in [5.74, 6) is -0.245. The van der Waals surface area contributed by atoms with E-state index in [0.29, 0.717) is 0 Å². The van der Waals surface area contributed by atoms with Crippen LogP contribution in [-0.2, 0) is 9.53 Å². The molecule has 1 aliphatic carbocycles. The molecule has 0 spiro atoms. The molecule has 1 fully saturated rings. The summed E-state index contributed by atoms with van der Waals surface area (Å²) in [5.41, 5.74) is -0.203. The second kappa shape index (κ2) is 8.34. The normalized spacial score (nSPS) is 20.3. The van der Waals surface area contributed by atoms with Gasteiger partial charge >= 0.3 is 5.97 Å². The van der Waals surface area contributed by atoms with Gasteiger partial charge in [0.05, 0.1) is 0 Å². The fourth-order valence-electron chi connectivity index (χ4n) is 2.88. The SMILES string of the molecule is C=CC(=O)OC1(CCCC)CCCCCCCC1. The summed E-state index contributed by atoms with van der Waals surface area (Å²) in [6.45, 7) is 5.72. The summed E-state index contributed by atoms with van der Waals surface area (Å²) in [6.07, 6.45) is 14.3.